The number of fused-ring (bicyclic) bond motifs is 3. The van der Waals surface area contributed by atoms with Gasteiger partial charge in [0.2, 0.25) is 0 Å². The molecule has 4 rings (SSSR count). The molecular formula is C16H13N5O. The molecule has 0 saturated carbocycles. The number of benzene rings is 1. The van der Waals surface area contributed by atoms with Gasteiger partial charge in [-0.25, -0.2) is 4.98 Å². The van der Waals surface area contributed by atoms with Crippen molar-refractivity contribution in [3.8, 4) is 11.3 Å². The van der Waals surface area contributed by atoms with Gasteiger partial charge in [0.1, 0.15) is 6.33 Å². The minimum Gasteiger partial charge on any atom is -0.338 e. The van der Waals surface area contributed by atoms with Crippen LogP contribution in [0.5, 0.6) is 0 Å². The number of H-pyrrole nitrogens is 1. The Kier molecular flexibility index (Phi) is 2.59. The van der Waals surface area contributed by atoms with Gasteiger partial charge in [0, 0.05) is 11.1 Å². The van der Waals surface area contributed by atoms with Crippen molar-refractivity contribution in [1.29, 1.82) is 0 Å². The number of Topliss-reactive ketones (excluding diaryl/α,β-unsaturated/α-hetero) is 1. The highest BCUT2D eigenvalue weighted by atomic mass is 16.1. The number of hydrogen-bond donors (Lipinski definition) is 1. The summed E-state index contributed by atoms with van der Waals surface area (Å²) in [4.78, 5) is 19.1. The number of ketones is 1. The molecule has 0 amide bonds. The molecule has 6 nitrogen and oxygen atoms in total. The van der Waals surface area contributed by atoms with E-state index in [9.17, 15) is 4.79 Å². The van der Waals surface area contributed by atoms with Crippen molar-refractivity contribution in [2.75, 3.05) is 0 Å². The Balaban J connectivity index is 1.95. The number of hydrogen-bond acceptors (Lipinski definition) is 4. The van der Waals surface area contributed by atoms with Crippen molar-refractivity contribution < 1.29 is 4.79 Å². The number of carbonyl (C=O) groups excluding carboxylic acids is 1. The van der Waals surface area contributed by atoms with Gasteiger partial charge in [-0.2, -0.15) is 0 Å². The first-order valence-corrected chi connectivity index (χ1v) is 6.93. The summed E-state index contributed by atoms with van der Waals surface area (Å²) in [7, 11) is 0. The monoisotopic (exact) mass is 291 g/mol. The van der Waals surface area contributed by atoms with Crippen LogP contribution in [0.25, 0.3) is 28.1 Å². The third kappa shape index (κ3) is 1.74. The van der Waals surface area contributed by atoms with Crippen LogP contribution in [0.15, 0.2) is 36.8 Å². The number of aromatic nitrogens is 5. The third-order valence-electron chi connectivity index (χ3n) is 3.90. The number of rotatable bonds is 2. The largest absolute Gasteiger partial charge is 0.338 e. The molecule has 1 aromatic carbocycles. The Labute approximate surface area is 125 Å². The quantitative estimate of drug-likeness (QED) is 0.576. The number of aromatic amines is 1. The Morgan fingerprint density at radius 1 is 1.23 bits per heavy atom. The van der Waals surface area contributed by atoms with Crippen molar-refractivity contribution in [1.82, 2.24) is 24.6 Å². The van der Waals surface area contributed by atoms with Gasteiger partial charge in [0.05, 0.1) is 17.4 Å². The number of carbonyl (C=O) groups is 1. The van der Waals surface area contributed by atoms with Gasteiger partial charge in [0.15, 0.2) is 17.1 Å². The van der Waals surface area contributed by atoms with Crippen LogP contribution in [0.1, 0.15) is 22.8 Å². The highest BCUT2D eigenvalue weighted by Gasteiger charge is 2.14. The predicted molar refractivity (Wildman–Crippen MR) is 82.8 cm³/mol. The Morgan fingerprint density at radius 3 is 2.73 bits per heavy atom. The van der Waals surface area contributed by atoms with Crippen molar-refractivity contribution >= 4 is 22.6 Å². The molecule has 22 heavy (non-hydrogen) atoms. The lowest BCUT2D eigenvalue weighted by Gasteiger charge is -2.02. The number of nitrogens with one attached hydrogen (secondary N) is 1. The predicted octanol–water partition coefficient (Wildman–Crippen LogP) is 2.78. The maximum Gasteiger partial charge on any atom is 0.179 e. The molecule has 0 saturated heterocycles. The molecule has 3 heterocycles. The summed E-state index contributed by atoms with van der Waals surface area (Å²) < 4.78 is 1.92. The smallest absolute Gasteiger partial charge is 0.179 e. The van der Waals surface area contributed by atoms with Crippen LogP contribution in [0.4, 0.5) is 0 Å². The van der Waals surface area contributed by atoms with Crippen LogP contribution >= 0.6 is 0 Å². The van der Waals surface area contributed by atoms with Crippen molar-refractivity contribution in [3.05, 3.63) is 47.9 Å². The second kappa shape index (κ2) is 4.49. The number of aryl methyl sites for hydroxylation is 1. The first-order valence-electron chi connectivity index (χ1n) is 6.93. The summed E-state index contributed by atoms with van der Waals surface area (Å²) >= 11 is 0. The molecule has 3 aromatic heterocycles. The van der Waals surface area contributed by atoms with Gasteiger partial charge in [-0.05, 0) is 19.4 Å². The van der Waals surface area contributed by atoms with E-state index in [4.69, 9.17) is 0 Å². The van der Waals surface area contributed by atoms with Crippen molar-refractivity contribution in [3.63, 3.8) is 0 Å². The fraction of sp³-hybridized carbons (Fsp3) is 0.125. The van der Waals surface area contributed by atoms with E-state index in [-0.39, 0.29) is 5.78 Å². The second-order valence-electron chi connectivity index (χ2n) is 5.27. The Morgan fingerprint density at radius 2 is 2.00 bits per heavy atom. The lowest BCUT2D eigenvalue weighted by molar-refractivity contribution is 0.101. The molecule has 0 fully saturated rings. The summed E-state index contributed by atoms with van der Waals surface area (Å²) in [6.07, 6.45) is 3.37. The lowest BCUT2D eigenvalue weighted by atomic mass is 10.0. The average Bonchev–Trinajstić information content (AvgIpc) is 3.11. The van der Waals surface area contributed by atoms with Crippen LogP contribution in [0.3, 0.4) is 0 Å². The minimum absolute atomic E-state index is 0.0628. The SMILES string of the molecule is CC(=O)c1ccc(-c2[nH]c3ncc4nncn4c3c2C)cc1. The molecule has 6 heteroatoms. The Bertz CT molecular complexity index is 1010. The van der Waals surface area contributed by atoms with Gasteiger partial charge in [0.25, 0.3) is 0 Å². The van der Waals surface area contributed by atoms with Crippen LogP contribution in [0.2, 0.25) is 0 Å². The molecule has 0 aliphatic rings. The van der Waals surface area contributed by atoms with Crippen molar-refractivity contribution in [2.45, 2.75) is 13.8 Å². The first-order chi connectivity index (χ1) is 10.6. The summed E-state index contributed by atoms with van der Waals surface area (Å²) in [5.74, 6) is 0.0628. The number of nitrogens with zero attached hydrogens (tertiary/aromatic N) is 4. The summed E-state index contributed by atoms with van der Waals surface area (Å²) in [6, 6.07) is 7.56. The molecule has 0 aliphatic heterocycles. The van der Waals surface area contributed by atoms with Gasteiger partial charge in [-0.3, -0.25) is 9.20 Å². The highest BCUT2D eigenvalue weighted by molar-refractivity contribution is 5.95. The van der Waals surface area contributed by atoms with E-state index in [1.54, 1.807) is 19.4 Å². The molecule has 0 bridgehead atoms. The standard InChI is InChI=1S/C16H13N5O/c1-9-14(12-5-3-11(4-6-12)10(2)22)19-16-15(9)21-8-18-20-13(21)7-17-16/h3-8,19H,1-2H3. The summed E-state index contributed by atoms with van der Waals surface area (Å²) in [6.45, 7) is 3.60. The molecule has 0 radical (unpaired) electrons. The first kappa shape index (κ1) is 12.7. The van der Waals surface area contributed by atoms with Gasteiger partial charge in [-0.1, -0.05) is 24.3 Å². The van der Waals surface area contributed by atoms with E-state index in [0.29, 0.717) is 11.2 Å². The maximum atomic E-state index is 11.4. The van der Waals surface area contributed by atoms with Gasteiger partial charge >= 0.3 is 0 Å². The summed E-state index contributed by atoms with van der Waals surface area (Å²) in [5.41, 5.74) is 6.25. The zero-order valence-corrected chi connectivity index (χ0v) is 12.2. The molecule has 108 valence electrons. The van der Waals surface area contributed by atoms with E-state index in [0.717, 1.165) is 28.0 Å². The van der Waals surface area contributed by atoms with Gasteiger partial charge in [-0.15, -0.1) is 10.2 Å². The van der Waals surface area contributed by atoms with E-state index in [1.165, 1.54) is 0 Å². The molecule has 0 atom stereocenters. The van der Waals surface area contributed by atoms with Crippen molar-refractivity contribution in [2.24, 2.45) is 0 Å². The Hall–Kier alpha value is -3.02. The van der Waals surface area contributed by atoms with Gasteiger partial charge < -0.3 is 4.98 Å². The molecule has 0 aliphatic carbocycles. The van der Waals surface area contributed by atoms with Crippen LogP contribution in [-0.2, 0) is 0 Å². The fourth-order valence-electron chi connectivity index (χ4n) is 2.74. The van der Waals surface area contributed by atoms with Crippen LogP contribution < -0.4 is 0 Å². The van der Waals surface area contributed by atoms with E-state index in [1.807, 2.05) is 35.6 Å². The van der Waals surface area contributed by atoms with Crippen LogP contribution in [0, 0.1) is 6.92 Å². The second-order valence-corrected chi connectivity index (χ2v) is 5.27. The molecular weight excluding hydrogens is 278 g/mol. The lowest BCUT2D eigenvalue weighted by Crippen LogP contribution is -1.91. The van der Waals surface area contributed by atoms with E-state index in [2.05, 4.69) is 20.2 Å². The van der Waals surface area contributed by atoms with Crippen LogP contribution in [-0.4, -0.2) is 30.3 Å². The minimum atomic E-state index is 0.0628. The molecule has 4 aromatic rings. The zero-order chi connectivity index (χ0) is 15.3. The zero-order valence-electron chi connectivity index (χ0n) is 12.2. The van der Waals surface area contributed by atoms with E-state index >= 15 is 0 Å². The average molecular weight is 291 g/mol. The molecule has 0 unspecified atom stereocenters. The van der Waals surface area contributed by atoms with E-state index < -0.39 is 0 Å². The summed E-state index contributed by atoms with van der Waals surface area (Å²) in [5, 5.41) is 7.95. The molecule has 1 N–H and O–H groups in total. The topological polar surface area (TPSA) is 75.9 Å². The molecule has 0 spiro atoms. The fourth-order valence-corrected chi connectivity index (χ4v) is 2.74. The normalized spacial score (nSPS) is 11.4. The third-order valence-corrected chi connectivity index (χ3v) is 3.90. The maximum absolute atomic E-state index is 11.4. The highest BCUT2D eigenvalue weighted by Crippen LogP contribution is 2.29.